The molecule has 0 atom stereocenters. The number of carbonyl (C=O) groups excluding carboxylic acids is 1. The summed E-state index contributed by atoms with van der Waals surface area (Å²) in [4.78, 5) is 9.87. The molecule has 2 fully saturated rings. The Labute approximate surface area is 92.1 Å². The van der Waals surface area contributed by atoms with Crippen molar-refractivity contribution in [1.82, 2.24) is 0 Å². The molecule has 2 aliphatic rings. The van der Waals surface area contributed by atoms with Gasteiger partial charge in [0.1, 0.15) is 6.29 Å². The van der Waals surface area contributed by atoms with Crippen LogP contribution in [-0.4, -0.2) is 6.29 Å². The van der Waals surface area contributed by atoms with Gasteiger partial charge in [0.2, 0.25) is 0 Å². The third kappa shape index (κ3) is 6.29. The largest absolute Gasteiger partial charge is 2.00 e. The third-order valence-electron chi connectivity index (χ3n) is 1.38. The predicted molar refractivity (Wildman–Crippen MR) is 48.0 cm³/mol. The molecule has 0 saturated heterocycles. The molecule has 13 heavy (non-hydrogen) atoms. The Bertz CT molecular complexity index is 108. The summed E-state index contributed by atoms with van der Waals surface area (Å²) < 4.78 is 0. The van der Waals surface area contributed by atoms with Crippen molar-refractivity contribution in [2.24, 2.45) is 0 Å². The summed E-state index contributed by atoms with van der Waals surface area (Å²) in [7, 11) is 0. The average Bonchev–Trinajstić information content (AvgIpc) is 2.81. The van der Waals surface area contributed by atoms with Crippen LogP contribution in [0.1, 0.15) is 0 Å². The Kier molecular flexibility index (Phi) is 8.90. The van der Waals surface area contributed by atoms with Gasteiger partial charge in [0, 0.05) is 5.92 Å². The minimum Gasteiger partial charge on any atom is -0.303 e. The molecule has 1 nitrogen and oxygen atoms in total. The second kappa shape index (κ2) is 8.77. The number of carbonyl (C=O) groups is 1. The normalized spacial score (nSPS) is 21.5. The van der Waals surface area contributed by atoms with Crippen LogP contribution in [0, 0.1) is 63.7 Å². The predicted octanol–water partition coefficient (Wildman–Crippen LogP) is 1.61. The maximum absolute atomic E-state index is 9.87. The quantitative estimate of drug-likeness (QED) is 0.478. The standard InChI is InChI=1S/C6H5O.C5H5.Fe/c7-5-6-3-1-2-4-6;1-2-4-5-3-1;/h1-5H;1-5H;/q;;+2. The molecule has 2 rings (SSSR count). The van der Waals surface area contributed by atoms with Gasteiger partial charge in [-0.05, 0) is 57.8 Å². The molecule has 2 saturated carbocycles. The Balaban J connectivity index is 0.000000215. The Morgan fingerprint density at radius 3 is 1.38 bits per heavy atom. The van der Waals surface area contributed by atoms with Gasteiger partial charge in [0.05, 0.1) is 0 Å². The van der Waals surface area contributed by atoms with Crippen LogP contribution in [0.4, 0.5) is 0 Å². The molecule has 0 bridgehead atoms. The van der Waals surface area contributed by atoms with E-state index in [1.54, 1.807) is 12.8 Å². The molecule has 0 spiro atoms. The second-order valence-electron chi connectivity index (χ2n) is 2.30. The van der Waals surface area contributed by atoms with Crippen molar-refractivity contribution in [3.63, 3.8) is 0 Å². The molecule has 0 aromatic heterocycles. The molecule has 2 aliphatic carbocycles. The van der Waals surface area contributed by atoms with E-state index in [0.717, 1.165) is 12.2 Å². The summed E-state index contributed by atoms with van der Waals surface area (Å²) in [5.41, 5.74) is 0. The van der Waals surface area contributed by atoms with Crippen molar-refractivity contribution < 1.29 is 21.9 Å². The van der Waals surface area contributed by atoms with Gasteiger partial charge in [0.15, 0.2) is 0 Å². The number of aldehydes is 1. The van der Waals surface area contributed by atoms with Gasteiger partial charge in [-0.2, -0.15) is 0 Å². The Hall–Kier alpha value is 0.189. The topological polar surface area (TPSA) is 17.1 Å². The fourth-order valence-electron chi connectivity index (χ4n) is 0.788. The van der Waals surface area contributed by atoms with Crippen molar-refractivity contribution in [2.75, 3.05) is 0 Å². The van der Waals surface area contributed by atoms with Crippen molar-refractivity contribution in [3.05, 3.63) is 63.7 Å². The van der Waals surface area contributed by atoms with E-state index in [4.69, 9.17) is 0 Å². The van der Waals surface area contributed by atoms with E-state index < -0.39 is 0 Å². The molecule has 0 unspecified atom stereocenters. The van der Waals surface area contributed by atoms with E-state index in [9.17, 15) is 4.79 Å². The molecule has 0 aromatic rings. The maximum atomic E-state index is 9.87. The summed E-state index contributed by atoms with van der Waals surface area (Å²) >= 11 is 0. The maximum Gasteiger partial charge on any atom is 2.00 e. The van der Waals surface area contributed by atoms with Gasteiger partial charge in [0.25, 0.3) is 0 Å². The van der Waals surface area contributed by atoms with Crippen LogP contribution < -0.4 is 0 Å². The van der Waals surface area contributed by atoms with Gasteiger partial charge in [-0.25, -0.2) is 0 Å². The molecular formula is C11H10FeO+2. The zero-order chi connectivity index (χ0) is 8.65. The summed E-state index contributed by atoms with van der Waals surface area (Å²) in [5.74, 6) is 0.750. The van der Waals surface area contributed by atoms with Crippen LogP contribution in [0.3, 0.4) is 0 Å². The van der Waals surface area contributed by atoms with Crippen molar-refractivity contribution in [1.29, 1.82) is 0 Å². The van der Waals surface area contributed by atoms with E-state index in [1.807, 2.05) is 44.9 Å². The number of hydrogen-bond acceptors (Lipinski definition) is 1. The Morgan fingerprint density at radius 2 is 1.15 bits per heavy atom. The van der Waals surface area contributed by atoms with Crippen molar-refractivity contribution >= 4 is 6.29 Å². The molecule has 66 valence electrons. The monoisotopic (exact) mass is 214 g/mol. The number of hydrogen-bond donors (Lipinski definition) is 0. The van der Waals surface area contributed by atoms with E-state index in [0.29, 0.717) is 0 Å². The first-order valence-electron chi connectivity index (χ1n) is 3.77. The van der Waals surface area contributed by atoms with Crippen LogP contribution in [-0.2, 0) is 21.9 Å². The van der Waals surface area contributed by atoms with Crippen molar-refractivity contribution in [2.45, 2.75) is 0 Å². The first-order chi connectivity index (χ1) is 5.93. The van der Waals surface area contributed by atoms with Gasteiger partial charge >= 0.3 is 17.1 Å². The summed E-state index contributed by atoms with van der Waals surface area (Å²) in [6.45, 7) is 0. The van der Waals surface area contributed by atoms with E-state index in [-0.39, 0.29) is 17.1 Å². The van der Waals surface area contributed by atoms with Crippen molar-refractivity contribution in [3.8, 4) is 0 Å². The van der Waals surface area contributed by atoms with E-state index in [1.165, 1.54) is 0 Å². The van der Waals surface area contributed by atoms with Crippen LogP contribution in [0.25, 0.3) is 0 Å². The summed E-state index contributed by atoms with van der Waals surface area (Å²) in [6, 6.07) is 0. The SMILES string of the molecule is O=C[C]1[CH][CH][CH][CH]1.[CH]1[CH][CH][CH][CH]1.[Fe+2]. The van der Waals surface area contributed by atoms with Gasteiger partial charge < -0.3 is 4.79 Å². The fraction of sp³-hybridized carbons (Fsp3) is 0. The van der Waals surface area contributed by atoms with Crippen LogP contribution >= 0.6 is 0 Å². The minimum absolute atomic E-state index is 0. The van der Waals surface area contributed by atoms with Gasteiger partial charge in [-0.3, -0.25) is 0 Å². The van der Waals surface area contributed by atoms with Crippen LogP contribution in [0.5, 0.6) is 0 Å². The molecule has 2 heteroatoms. The minimum atomic E-state index is 0. The zero-order valence-electron chi connectivity index (χ0n) is 7.04. The molecule has 0 aromatic carbocycles. The zero-order valence-corrected chi connectivity index (χ0v) is 8.14. The second-order valence-corrected chi connectivity index (χ2v) is 2.30. The Morgan fingerprint density at radius 1 is 0.769 bits per heavy atom. The first-order valence-corrected chi connectivity index (χ1v) is 3.77. The summed E-state index contributed by atoms with van der Waals surface area (Å²) in [6.07, 6.45) is 18.0. The number of rotatable bonds is 1. The molecule has 0 aliphatic heterocycles. The van der Waals surface area contributed by atoms with E-state index in [2.05, 4.69) is 0 Å². The van der Waals surface area contributed by atoms with E-state index >= 15 is 0 Å². The fourth-order valence-corrected chi connectivity index (χ4v) is 0.788. The third-order valence-corrected chi connectivity index (χ3v) is 1.38. The molecule has 0 heterocycles. The van der Waals surface area contributed by atoms with Gasteiger partial charge in [-0.1, -0.05) is 0 Å². The van der Waals surface area contributed by atoms with Crippen LogP contribution in [0.15, 0.2) is 0 Å². The average molecular weight is 214 g/mol. The molecule has 0 amide bonds. The molecule has 10 radical (unpaired) electrons. The van der Waals surface area contributed by atoms with Gasteiger partial charge in [-0.15, -0.1) is 0 Å². The van der Waals surface area contributed by atoms with Crippen LogP contribution in [0.2, 0.25) is 0 Å². The first kappa shape index (κ1) is 13.2. The molecule has 0 N–H and O–H groups in total. The smallest absolute Gasteiger partial charge is 0.303 e. The molecular weight excluding hydrogens is 204 g/mol. The summed E-state index contributed by atoms with van der Waals surface area (Å²) in [5, 5.41) is 0.